The lowest BCUT2D eigenvalue weighted by Gasteiger charge is -1.90. The topological polar surface area (TPSA) is 45.8 Å². The molecule has 0 aromatic carbocycles. The predicted octanol–water partition coefficient (Wildman–Crippen LogP) is 1.36. The van der Waals surface area contributed by atoms with Gasteiger partial charge in [-0.15, -0.1) is 0 Å². The van der Waals surface area contributed by atoms with Gasteiger partial charge in [0.05, 0.1) is 6.20 Å². The van der Waals surface area contributed by atoms with Gasteiger partial charge < -0.3 is 4.98 Å². The third-order valence-electron chi connectivity index (χ3n) is 1.09. The van der Waals surface area contributed by atoms with Crippen molar-refractivity contribution in [3.63, 3.8) is 0 Å². The van der Waals surface area contributed by atoms with Crippen LogP contribution in [0.4, 0.5) is 0 Å². The summed E-state index contributed by atoms with van der Waals surface area (Å²) in [6, 6.07) is 0. The lowest BCUT2D eigenvalue weighted by Crippen LogP contribution is -2.07. The summed E-state index contributed by atoms with van der Waals surface area (Å²) in [4.78, 5) is 16.9. The van der Waals surface area contributed by atoms with Gasteiger partial charge in [0.15, 0.2) is 0 Å². The maximum Gasteiger partial charge on any atom is 0.266 e. The van der Waals surface area contributed by atoms with Crippen LogP contribution in [0.3, 0.4) is 0 Å². The summed E-state index contributed by atoms with van der Waals surface area (Å²) in [7, 11) is 0. The Balaban J connectivity index is 0.000000461. The molecular formula is C8H14N2O. The van der Waals surface area contributed by atoms with Crippen LogP contribution in [0.5, 0.6) is 0 Å². The van der Waals surface area contributed by atoms with Crippen LogP contribution in [0, 0.1) is 0 Å². The molecule has 0 atom stereocenters. The highest BCUT2D eigenvalue weighted by atomic mass is 16.1. The van der Waals surface area contributed by atoms with Gasteiger partial charge >= 0.3 is 0 Å². The Morgan fingerprint density at radius 3 is 2.45 bits per heavy atom. The third-order valence-corrected chi connectivity index (χ3v) is 1.09. The van der Waals surface area contributed by atoms with Crippen LogP contribution in [-0.4, -0.2) is 9.97 Å². The largest absolute Gasteiger partial charge is 0.323 e. The fourth-order valence-electron chi connectivity index (χ4n) is 0.597. The van der Waals surface area contributed by atoms with E-state index in [0.29, 0.717) is 0 Å². The first-order valence-electron chi connectivity index (χ1n) is 3.86. The summed E-state index contributed by atoms with van der Waals surface area (Å²) in [6.07, 6.45) is 3.74. The average Bonchev–Trinajstić information content (AvgIpc) is 2.08. The number of hydrogen-bond donors (Lipinski definition) is 1. The minimum Gasteiger partial charge on any atom is -0.323 e. The Labute approximate surface area is 66.5 Å². The Kier molecular flexibility index (Phi) is 5.07. The molecule has 0 radical (unpaired) electrons. The molecule has 62 valence electrons. The minimum atomic E-state index is -0.130. The van der Waals surface area contributed by atoms with Crippen molar-refractivity contribution < 1.29 is 0 Å². The van der Waals surface area contributed by atoms with E-state index in [0.717, 1.165) is 12.1 Å². The van der Waals surface area contributed by atoms with E-state index in [1.807, 2.05) is 20.8 Å². The van der Waals surface area contributed by atoms with E-state index in [2.05, 4.69) is 9.97 Å². The number of rotatable bonds is 1. The van der Waals surface area contributed by atoms with Gasteiger partial charge in [0.1, 0.15) is 0 Å². The summed E-state index contributed by atoms with van der Waals surface area (Å²) >= 11 is 0. The molecule has 0 bridgehead atoms. The second kappa shape index (κ2) is 5.65. The molecule has 0 aliphatic heterocycles. The molecule has 0 saturated heterocycles. The van der Waals surface area contributed by atoms with Gasteiger partial charge in [0.25, 0.3) is 5.56 Å². The molecule has 0 amide bonds. The van der Waals surface area contributed by atoms with E-state index in [9.17, 15) is 4.79 Å². The molecule has 1 rings (SSSR count). The Hall–Kier alpha value is -1.12. The molecule has 3 heteroatoms. The van der Waals surface area contributed by atoms with E-state index in [1.54, 1.807) is 6.20 Å². The first kappa shape index (κ1) is 9.88. The van der Waals surface area contributed by atoms with E-state index in [4.69, 9.17) is 0 Å². The van der Waals surface area contributed by atoms with Crippen LogP contribution < -0.4 is 5.56 Å². The Morgan fingerprint density at radius 2 is 2.09 bits per heavy atom. The molecule has 0 saturated carbocycles. The molecule has 3 nitrogen and oxygen atoms in total. The minimum absolute atomic E-state index is 0.130. The predicted molar refractivity (Wildman–Crippen MR) is 45.6 cm³/mol. The number of aromatic amines is 1. The first-order chi connectivity index (χ1) is 5.33. The zero-order valence-corrected chi connectivity index (χ0v) is 7.22. The number of nitrogens with zero attached hydrogens (tertiary/aromatic N) is 1. The smallest absolute Gasteiger partial charge is 0.266 e. The SMILES string of the molecule is CC.CCc1cncc(=O)[nH]1. The van der Waals surface area contributed by atoms with Crippen molar-refractivity contribution in [1.82, 2.24) is 9.97 Å². The van der Waals surface area contributed by atoms with E-state index < -0.39 is 0 Å². The van der Waals surface area contributed by atoms with Crippen LogP contribution >= 0.6 is 0 Å². The Bertz CT molecular complexity index is 242. The molecule has 1 aromatic rings. The lowest BCUT2D eigenvalue weighted by molar-refractivity contribution is 0.973. The average molecular weight is 154 g/mol. The first-order valence-corrected chi connectivity index (χ1v) is 3.86. The van der Waals surface area contributed by atoms with Crippen LogP contribution in [0.25, 0.3) is 0 Å². The van der Waals surface area contributed by atoms with Crippen LogP contribution in [0.1, 0.15) is 26.5 Å². The molecule has 0 unspecified atom stereocenters. The van der Waals surface area contributed by atoms with Crippen molar-refractivity contribution in [2.45, 2.75) is 27.2 Å². The molecule has 1 N–H and O–H groups in total. The third kappa shape index (κ3) is 3.55. The van der Waals surface area contributed by atoms with Crippen LogP contribution in [0.15, 0.2) is 17.2 Å². The zero-order chi connectivity index (χ0) is 8.69. The van der Waals surface area contributed by atoms with E-state index in [-0.39, 0.29) is 5.56 Å². The second-order valence-corrected chi connectivity index (χ2v) is 1.78. The number of nitrogens with one attached hydrogen (secondary N) is 1. The molecule has 0 aliphatic rings. The summed E-state index contributed by atoms with van der Waals surface area (Å²) in [5, 5.41) is 0. The van der Waals surface area contributed by atoms with Crippen molar-refractivity contribution in [1.29, 1.82) is 0 Å². The molecule has 0 aliphatic carbocycles. The maximum absolute atomic E-state index is 10.5. The van der Waals surface area contributed by atoms with E-state index >= 15 is 0 Å². The van der Waals surface area contributed by atoms with Gasteiger partial charge in [-0.3, -0.25) is 9.78 Å². The molecule has 0 spiro atoms. The van der Waals surface area contributed by atoms with Gasteiger partial charge in [0, 0.05) is 11.9 Å². The highest BCUT2D eigenvalue weighted by molar-refractivity contribution is 4.93. The number of aromatic nitrogens is 2. The van der Waals surface area contributed by atoms with E-state index in [1.165, 1.54) is 6.20 Å². The number of H-pyrrole nitrogens is 1. The van der Waals surface area contributed by atoms with Gasteiger partial charge in [-0.2, -0.15) is 0 Å². The summed E-state index contributed by atoms with van der Waals surface area (Å²) in [6.45, 7) is 5.97. The Morgan fingerprint density at radius 1 is 1.45 bits per heavy atom. The summed E-state index contributed by atoms with van der Waals surface area (Å²) in [5.41, 5.74) is 0.747. The van der Waals surface area contributed by atoms with Gasteiger partial charge in [0.2, 0.25) is 0 Å². The summed E-state index contributed by atoms with van der Waals surface area (Å²) in [5.74, 6) is 0. The fourth-order valence-corrected chi connectivity index (χ4v) is 0.597. The number of aryl methyl sites for hydroxylation is 1. The van der Waals surface area contributed by atoms with Crippen molar-refractivity contribution in [3.05, 3.63) is 28.4 Å². The van der Waals surface area contributed by atoms with Crippen molar-refractivity contribution in [2.75, 3.05) is 0 Å². The van der Waals surface area contributed by atoms with Crippen LogP contribution in [-0.2, 0) is 6.42 Å². The zero-order valence-electron chi connectivity index (χ0n) is 7.22. The molecule has 1 aromatic heterocycles. The summed E-state index contributed by atoms with van der Waals surface area (Å²) < 4.78 is 0. The standard InChI is InChI=1S/C6H8N2O.C2H6/c1-2-5-3-7-4-6(9)8-5;1-2/h3-4H,2H2,1H3,(H,8,9);1-2H3. The van der Waals surface area contributed by atoms with Gasteiger partial charge in [-0.1, -0.05) is 20.8 Å². The fraction of sp³-hybridized carbons (Fsp3) is 0.500. The molecule has 11 heavy (non-hydrogen) atoms. The lowest BCUT2D eigenvalue weighted by atomic mass is 10.4. The number of hydrogen-bond acceptors (Lipinski definition) is 2. The van der Waals surface area contributed by atoms with Gasteiger partial charge in [-0.05, 0) is 6.42 Å². The van der Waals surface area contributed by atoms with Crippen molar-refractivity contribution >= 4 is 0 Å². The van der Waals surface area contributed by atoms with Crippen molar-refractivity contribution in [3.8, 4) is 0 Å². The second-order valence-electron chi connectivity index (χ2n) is 1.78. The quantitative estimate of drug-likeness (QED) is 0.663. The maximum atomic E-state index is 10.5. The monoisotopic (exact) mass is 154 g/mol. The van der Waals surface area contributed by atoms with Gasteiger partial charge in [-0.25, -0.2) is 0 Å². The van der Waals surface area contributed by atoms with Crippen LogP contribution in [0.2, 0.25) is 0 Å². The van der Waals surface area contributed by atoms with Crippen molar-refractivity contribution in [2.24, 2.45) is 0 Å². The molecular weight excluding hydrogens is 140 g/mol. The normalized spacial score (nSPS) is 8.27. The highest BCUT2D eigenvalue weighted by Crippen LogP contribution is 1.84. The molecule has 1 heterocycles. The molecule has 0 fully saturated rings. The highest BCUT2D eigenvalue weighted by Gasteiger charge is 1.86.